The lowest BCUT2D eigenvalue weighted by molar-refractivity contribution is 0.0600. The van der Waals surface area contributed by atoms with Gasteiger partial charge in [0, 0.05) is 5.75 Å². The SMILES string of the molecule is COC(=O)c1ccccc1CSc1nnc(C)n1-c1ccccc1C. The van der Waals surface area contributed by atoms with Gasteiger partial charge in [-0.25, -0.2) is 4.79 Å². The second-order valence-electron chi connectivity index (χ2n) is 5.59. The quantitative estimate of drug-likeness (QED) is 0.513. The van der Waals surface area contributed by atoms with E-state index in [0.29, 0.717) is 11.3 Å². The Morgan fingerprint density at radius 1 is 1.08 bits per heavy atom. The van der Waals surface area contributed by atoms with E-state index in [1.165, 1.54) is 7.11 Å². The van der Waals surface area contributed by atoms with E-state index in [1.54, 1.807) is 17.8 Å². The molecule has 0 N–H and O–H groups in total. The summed E-state index contributed by atoms with van der Waals surface area (Å²) in [6.45, 7) is 4.00. The first-order valence-electron chi connectivity index (χ1n) is 7.89. The molecule has 3 rings (SSSR count). The van der Waals surface area contributed by atoms with Crippen molar-refractivity contribution < 1.29 is 9.53 Å². The molecule has 3 aromatic rings. The van der Waals surface area contributed by atoms with Crippen LogP contribution >= 0.6 is 11.8 Å². The number of carbonyl (C=O) groups is 1. The van der Waals surface area contributed by atoms with E-state index in [9.17, 15) is 4.79 Å². The number of benzene rings is 2. The smallest absolute Gasteiger partial charge is 0.338 e. The molecule has 128 valence electrons. The normalized spacial score (nSPS) is 10.7. The fourth-order valence-corrected chi connectivity index (χ4v) is 3.62. The lowest BCUT2D eigenvalue weighted by Gasteiger charge is -2.12. The van der Waals surface area contributed by atoms with Crippen molar-refractivity contribution in [2.24, 2.45) is 0 Å². The number of nitrogens with zero attached hydrogens (tertiary/aromatic N) is 3. The largest absolute Gasteiger partial charge is 0.465 e. The number of thioether (sulfide) groups is 1. The summed E-state index contributed by atoms with van der Waals surface area (Å²) in [7, 11) is 1.39. The molecule has 0 saturated carbocycles. The van der Waals surface area contributed by atoms with Gasteiger partial charge in [0.05, 0.1) is 18.4 Å². The van der Waals surface area contributed by atoms with Gasteiger partial charge in [0.1, 0.15) is 5.82 Å². The molecule has 0 aliphatic carbocycles. The van der Waals surface area contributed by atoms with Gasteiger partial charge in [-0.2, -0.15) is 0 Å². The highest BCUT2D eigenvalue weighted by atomic mass is 32.2. The summed E-state index contributed by atoms with van der Waals surface area (Å²) < 4.78 is 6.90. The van der Waals surface area contributed by atoms with E-state index in [1.807, 2.05) is 41.8 Å². The summed E-state index contributed by atoms with van der Waals surface area (Å²) in [6, 6.07) is 15.6. The minimum absolute atomic E-state index is 0.326. The molecule has 0 bridgehead atoms. The molecule has 0 unspecified atom stereocenters. The Balaban J connectivity index is 1.89. The Morgan fingerprint density at radius 2 is 1.80 bits per heavy atom. The second-order valence-corrected chi connectivity index (χ2v) is 6.53. The Kier molecular flexibility index (Phi) is 5.19. The highest BCUT2D eigenvalue weighted by Crippen LogP contribution is 2.27. The number of esters is 1. The van der Waals surface area contributed by atoms with Gasteiger partial charge < -0.3 is 4.74 Å². The molecule has 25 heavy (non-hydrogen) atoms. The van der Waals surface area contributed by atoms with Crippen molar-refractivity contribution in [3.05, 3.63) is 71.0 Å². The zero-order valence-corrected chi connectivity index (χ0v) is 15.2. The van der Waals surface area contributed by atoms with Crippen LogP contribution in [0.3, 0.4) is 0 Å². The summed E-state index contributed by atoms with van der Waals surface area (Å²) in [5.74, 6) is 1.11. The minimum atomic E-state index is -0.326. The highest BCUT2D eigenvalue weighted by molar-refractivity contribution is 7.98. The van der Waals surface area contributed by atoms with Gasteiger partial charge >= 0.3 is 5.97 Å². The van der Waals surface area contributed by atoms with Crippen LogP contribution in [0.15, 0.2) is 53.7 Å². The van der Waals surface area contributed by atoms with Crippen molar-refractivity contribution >= 4 is 17.7 Å². The number of ether oxygens (including phenoxy) is 1. The van der Waals surface area contributed by atoms with Gasteiger partial charge in [-0.15, -0.1) is 10.2 Å². The average Bonchev–Trinajstić information content (AvgIpc) is 3.00. The van der Waals surface area contributed by atoms with Crippen LogP contribution in [0.2, 0.25) is 0 Å². The number of methoxy groups -OCH3 is 1. The van der Waals surface area contributed by atoms with Crippen LogP contribution in [-0.4, -0.2) is 27.8 Å². The van der Waals surface area contributed by atoms with E-state index in [0.717, 1.165) is 27.8 Å². The van der Waals surface area contributed by atoms with Crippen LogP contribution in [0.5, 0.6) is 0 Å². The van der Waals surface area contributed by atoms with Gasteiger partial charge in [0.25, 0.3) is 0 Å². The topological polar surface area (TPSA) is 57.0 Å². The van der Waals surface area contributed by atoms with E-state index >= 15 is 0 Å². The maximum Gasteiger partial charge on any atom is 0.338 e. The molecule has 6 heteroatoms. The molecule has 0 saturated heterocycles. The van der Waals surface area contributed by atoms with Crippen molar-refractivity contribution in [1.29, 1.82) is 0 Å². The number of para-hydroxylation sites is 1. The Hall–Kier alpha value is -2.60. The maximum absolute atomic E-state index is 11.9. The first-order chi connectivity index (χ1) is 12.1. The maximum atomic E-state index is 11.9. The first-order valence-corrected chi connectivity index (χ1v) is 8.87. The molecular formula is C19H19N3O2S. The van der Waals surface area contributed by atoms with E-state index in [2.05, 4.69) is 29.3 Å². The van der Waals surface area contributed by atoms with Crippen LogP contribution < -0.4 is 0 Å². The molecule has 1 heterocycles. The van der Waals surface area contributed by atoms with Crippen LogP contribution in [0.4, 0.5) is 0 Å². The second kappa shape index (κ2) is 7.53. The predicted molar refractivity (Wildman–Crippen MR) is 98.2 cm³/mol. The third kappa shape index (κ3) is 3.58. The fourth-order valence-electron chi connectivity index (χ4n) is 2.63. The number of hydrogen-bond donors (Lipinski definition) is 0. The van der Waals surface area contributed by atoms with Crippen LogP contribution in [0, 0.1) is 13.8 Å². The van der Waals surface area contributed by atoms with Gasteiger partial charge in [-0.3, -0.25) is 4.57 Å². The Bertz CT molecular complexity index is 905. The number of hydrogen-bond acceptors (Lipinski definition) is 5. The molecule has 5 nitrogen and oxygen atoms in total. The molecule has 0 radical (unpaired) electrons. The van der Waals surface area contributed by atoms with Crippen LogP contribution in [0.25, 0.3) is 5.69 Å². The number of carbonyl (C=O) groups excluding carboxylic acids is 1. The zero-order chi connectivity index (χ0) is 17.8. The van der Waals surface area contributed by atoms with Crippen molar-refractivity contribution in [3.63, 3.8) is 0 Å². The summed E-state index contributed by atoms with van der Waals surface area (Å²) in [5, 5.41) is 9.32. The van der Waals surface area contributed by atoms with Crippen molar-refractivity contribution in [1.82, 2.24) is 14.8 Å². The van der Waals surface area contributed by atoms with E-state index < -0.39 is 0 Å². The summed E-state index contributed by atoms with van der Waals surface area (Å²) in [5.41, 5.74) is 3.71. The van der Waals surface area contributed by atoms with Crippen molar-refractivity contribution in [2.45, 2.75) is 24.8 Å². The summed E-state index contributed by atoms with van der Waals surface area (Å²) in [6.07, 6.45) is 0. The number of rotatable bonds is 5. The third-order valence-corrected chi connectivity index (χ3v) is 4.91. The number of aryl methyl sites for hydroxylation is 2. The predicted octanol–water partition coefficient (Wildman–Crippen LogP) is 3.96. The van der Waals surface area contributed by atoms with Crippen LogP contribution in [0.1, 0.15) is 27.3 Å². The lowest BCUT2D eigenvalue weighted by atomic mass is 10.1. The fraction of sp³-hybridized carbons (Fsp3) is 0.211. The molecule has 2 aromatic carbocycles. The first kappa shape index (κ1) is 17.2. The average molecular weight is 353 g/mol. The molecule has 0 atom stereocenters. The van der Waals surface area contributed by atoms with Gasteiger partial charge in [0.15, 0.2) is 5.16 Å². The monoisotopic (exact) mass is 353 g/mol. The van der Waals surface area contributed by atoms with E-state index in [-0.39, 0.29) is 5.97 Å². The van der Waals surface area contributed by atoms with Crippen molar-refractivity contribution in [2.75, 3.05) is 7.11 Å². The number of aromatic nitrogens is 3. The molecule has 0 fully saturated rings. The standard InChI is InChI=1S/C19H19N3O2S/c1-13-8-4-7-11-17(13)22-14(2)20-21-19(22)25-12-15-9-5-6-10-16(15)18(23)24-3/h4-11H,12H2,1-3H3. The highest BCUT2D eigenvalue weighted by Gasteiger charge is 2.15. The minimum Gasteiger partial charge on any atom is -0.465 e. The molecular weight excluding hydrogens is 334 g/mol. The van der Waals surface area contributed by atoms with Crippen molar-refractivity contribution in [3.8, 4) is 5.69 Å². The van der Waals surface area contributed by atoms with Gasteiger partial charge in [-0.1, -0.05) is 48.2 Å². The Morgan fingerprint density at radius 3 is 2.56 bits per heavy atom. The van der Waals surface area contributed by atoms with Gasteiger partial charge in [-0.05, 0) is 37.1 Å². The molecule has 0 amide bonds. The zero-order valence-electron chi connectivity index (χ0n) is 14.4. The third-order valence-electron chi connectivity index (χ3n) is 3.93. The molecule has 0 spiro atoms. The summed E-state index contributed by atoms with van der Waals surface area (Å²) in [4.78, 5) is 11.9. The summed E-state index contributed by atoms with van der Waals surface area (Å²) >= 11 is 1.55. The van der Waals surface area contributed by atoms with E-state index in [4.69, 9.17) is 4.74 Å². The van der Waals surface area contributed by atoms with Crippen LogP contribution in [-0.2, 0) is 10.5 Å². The molecule has 0 aliphatic heterocycles. The lowest BCUT2D eigenvalue weighted by Crippen LogP contribution is -2.05. The Labute approximate surface area is 151 Å². The molecule has 0 aliphatic rings. The van der Waals surface area contributed by atoms with Gasteiger partial charge in [0.2, 0.25) is 0 Å². The molecule has 1 aromatic heterocycles.